The van der Waals surface area contributed by atoms with E-state index < -0.39 is 0 Å². The molecule has 0 unspecified atom stereocenters. The highest BCUT2D eigenvalue weighted by Crippen LogP contribution is 2.25. The molecule has 0 amide bonds. The lowest BCUT2D eigenvalue weighted by Crippen LogP contribution is -2.46. The number of hydrogen-bond donors (Lipinski definition) is 0. The molecule has 0 radical (unpaired) electrons. The molecular weight excluding hydrogens is 369 g/mol. The van der Waals surface area contributed by atoms with Gasteiger partial charge in [-0.1, -0.05) is 52.6 Å². The summed E-state index contributed by atoms with van der Waals surface area (Å²) in [6.45, 7) is 5.72. The molecule has 0 spiro atoms. The molecule has 2 aromatic carbocycles. The predicted octanol–water partition coefficient (Wildman–Crippen LogP) is 4.56. The van der Waals surface area contributed by atoms with E-state index in [1.165, 1.54) is 0 Å². The molecule has 1 aliphatic heterocycles. The van der Waals surface area contributed by atoms with Crippen LogP contribution in [0.2, 0.25) is 10.0 Å². The molecular formula is C20H23Cl2N3O. The third-order valence-corrected chi connectivity index (χ3v) is 4.99. The van der Waals surface area contributed by atoms with E-state index >= 15 is 0 Å². The molecule has 0 saturated carbocycles. The van der Waals surface area contributed by atoms with Gasteiger partial charge in [-0.05, 0) is 36.2 Å². The van der Waals surface area contributed by atoms with Crippen molar-refractivity contribution in [3.63, 3.8) is 0 Å². The van der Waals surface area contributed by atoms with Crippen molar-refractivity contribution in [1.82, 2.24) is 4.90 Å². The van der Waals surface area contributed by atoms with Crippen LogP contribution in [0.3, 0.4) is 0 Å². The van der Waals surface area contributed by atoms with Crippen LogP contribution in [0, 0.1) is 0 Å². The van der Waals surface area contributed by atoms with Gasteiger partial charge in [0.2, 0.25) is 0 Å². The van der Waals surface area contributed by atoms with Crippen molar-refractivity contribution < 1.29 is 4.84 Å². The number of piperazine rings is 1. The zero-order valence-electron chi connectivity index (χ0n) is 14.7. The predicted molar refractivity (Wildman–Crippen MR) is 110 cm³/mol. The van der Waals surface area contributed by atoms with E-state index in [-0.39, 0.29) is 0 Å². The lowest BCUT2D eigenvalue weighted by atomic mass is 10.2. The smallest absolute Gasteiger partial charge is 0.118 e. The van der Waals surface area contributed by atoms with Crippen molar-refractivity contribution in [3.8, 4) is 0 Å². The fourth-order valence-corrected chi connectivity index (χ4v) is 3.35. The Morgan fingerprint density at radius 1 is 0.962 bits per heavy atom. The lowest BCUT2D eigenvalue weighted by molar-refractivity contribution is 0.129. The van der Waals surface area contributed by atoms with Crippen LogP contribution in [-0.4, -0.2) is 50.4 Å². The Morgan fingerprint density at radius 3 is 2.42 bits per heavy atom. The van der Waals surface area contributed by atoms with Gasteiger partial charge in [-0.2, -0.15) is 0 Å². The highest BCUT2D eigenvalue weighted by atomic mass is 35.5. The summed E-state index contributed by atoms with van der Waals surface area (Å²) in [5.74, 6) is 0. The van der Waals surface area contributed by atoms with Crippen LogP contribution in [0.5, 0.6) is 0 Å². The number of hydrogen-bond acceptors (Lipinski definition) is 4. The molecule has 0 aromatic heterocycles. The Balaban J connectivity index is 1.32. The minimum Gasteiger partial charge on any atom is -0.396 e. The topological polar surface area (TPSA) is 28.1 Å². The normalized spacial score (nSPS) is 15.5. The maximum Gasteiger partial charge on any atom is 0.118 e. The van der Waals surface area contributed by atoms with Gasteiger partial charge in [0.15, 0.2) is 0 Å². The van der Waals surface area contributed by atoms with Gasteiger partial charge in [0, 0.05) is 37.7 Å². The number of benzene rings is 2. The van der Waals surface area contributed by atoms with Gasteiger partial charge in [-0.25, -0.2) is 0 Å². The first-order valence-electron chi connectivity index (χ1n) is 8.85. The quantitative estimate of drug-likeness (QED) is 0.393. The molecule has 4 nitrogen and oxygen atoms in total. The minimum atomic E-state index is 0.620. The zero-order valence-corrected chi connectivity index (χ0v) is 16.2. The molecule has 1 heterocycles. The Morgan fingerprint density at radius 2 is 1.69 bits per heavy atom. The first-order chi connectivity index (χ1) is 12.7. The molecule has 26 heavy (non-hydrogen) atoms. The number of para-hydroxylation sites is 1. The highest BCUT2D eigenvalue weighted by molar-refractivity contribution is 6.33. The first kappa shape index (κ1) is 19.0. The molecule has 1 aliphatic rings. The molecule has 3 rings (SSSR count). The SMILES string of the molecule is Clc1ccc(/C=N\OCCCN2CCN(c3ccccc3Cl)CC2)cc1. The molecule has 0 N–H and O–H groups in total. The number of oxime groups is 1. The molecule has 6 heteroatoms. The highest BCUT2D eigenvalue weighted by Gasteiger charge is 2.18. The van der Waals surface area contributed by atoms with Crippen molar-refractivity contribution in [2.24, 2.45) is 5.16 Å². The summed E-state index contributed by atoms with van der Waals surface area (Å²) >= 11 is 12.1. The fraction of sp³-hybridized carbons (Fsp3) is 0.350. The Labute approximate surface area is 164 Å². The second-order valence-electron chi connectivity index (χ2n) is 6.25. The number of nitrogens with zero attached hydrogens (tertiary/aromatic N) is 3. The first-order valence-corrected chi connectivity index (χ1v) is 9.61. The maximum absolute atomic E-state index is 6.29. The third kappa shape index (κ3) is 5.63. The standard InChI is InChI=1S/C20H23Cl2N3O/c21-18-8-6-17(7-9-18)16-23-26-15-3-10-24-11-13-25(14-12-24)20-5-2-1-4-19(20)22/h1-2,4-9,16H,3,10-15H2/b23-16-. The van der Waals surface area contributed by atoms with Gasteiger partial charge in [0.1, 0.15) is 6.61 Å². The van der Waals surface area contributed by atoms with Crippen LogP contribution in [0.1, 0.15) is 12.0 Å². The summed E-state index contributed by atoms with van der Waals surface area (Å²) in [6, 6.07) is 15.5. The molecule has 1 saturated heterocycles. The van der Waals surface area contributed by atoms with Crippen molar-refractivity contribution in [2.45, 2.75) is 6.42 Å². The second-order valence-corrected chi connectivity index (χ2v) is 7.10. The van der Waals surface area contributed by atoms with Crippen LogP contribution in [-0.2, 0) is 4.84 Å². The summed E-state index contributed by atoms with van der Waals surface area (Å²) in [4.78, 5) is 10.2. The number of halogens is 2. The Hall–Kier alpha value is -1.75. The fourth-order valence-electron chi connectivity index (χ4n) is 2.97. The van der Waals surface area contributed by atoms with Crippen LogP contribution in [0.4, 0.5) is 5.69 Å². The minimum absolute atomic E-state index is 0.620. The Kier molecular flexibility index (Phi) is 7.18. The molecule has 138 valence electrons. The lowest BCUT2D eigenvalue weighted by Gasteiger charge is -2.36. The molecule has 0 bridgehead atoms. The second kappa shape index (κ2) is 9.81. The molecule has 0 aliphatic carbocycles. The number of anilines is 1. The van der Waals surface area contributed by atoms with Gasteiger partial charge >= 0.3 is 0 Å². The van der Waals surface area contributed by atoms with E-state index in [1.807, 2.05) is 42.5 Å². The van der Waals surface area contributed by atoms with E-state index in [4.69, 9.17) is 28.0 Å². The summed E-state index contributed by atoms with van der Waals surface area (Å²) < 4.78 is 0. The van der Waals surface area contributed by atoms with Crippen LogP contribution < -0.4 is 4.90 Å². The summed E-state index contributed by atoms with van der Waals surface area (Å²) in [7, 11) is 0. The number of rotatable bonds is 7. The van der Waals surface area contributed by atoms with Gasteiger partial charge in [0.05, 0.1) is 16.9 Å². The molecule has 0 atom stereocenters. The average molecular weight is 392 g/mol. The van der Waals surface area contributed by atoms with Gasteiger partial charge < -0.3 is 9.74 Å². The van der Waals surface area contributed by atoms with E-state index in [0.717, 1.165) is 60.4 Å². The van der Waals surface area contributed by atoms with Crippen molar-refractivity contribution in [2.75, 3.05) is 44.2 Å². The van der Waals surface area contributed by atoms with Crippen molar-refractivity contribution in [1.29, 1.82) is 0 Å². The van der Waals surface area contributed by atoms with E-state index in [1.54, 1.807) is 6.21 Å². The molecule has 2 aromatic rings. The Bertz CT molecular complexity index is 713. The van der Waals surface area contributed by atoms with Crippen molar-refractivity contribution in [3.05, 3.63) is 64.1 Å². The van der Waals surface area contributed by atoms with Gasteiger partial charge in [0.25, 0.3) is 0 Å². The summed E-state index contributed by atoms with van der Waals surface area (Å²) in [5.41, 5.74) is 2.11. The van der Waals surface area contributed by atoms with Crippen LogP contribution in [0.15, 0.2) is 53.7 Å². The zero-order chi connectivity index (χ0) is 18.2. The monoisotopic (exact) mass is 391 g/mol. The van der Waals surface area contributed by atoms with E-state index in [0.29, 0.717) is 6.61 Å². The summed E-state index contributed by atoms with van der Waals surface area (Å²) in [6.07, 6.45) is 2.67. The van der Waals surface area contributed by atoms with E-state index in [2.05, 4.69) is 21.0 Å². The van der Waals surface area contributed by atoms with Gasteiger partial charge in [-0.3, -0.25) is 4.90 Å². The maximum atomic E-state index is 6.29. The van der Waals surface area contributed by atoms with Gasteiger partial charge in [-0.15, -0.1) is 0 Å². The van der Waals surface area contributed by atoms with E-state index in [9.17, 15) is 0 Å². The third-order valence-electron chi connectivity index (χ3n) is 4.42. The molecule has 1 fully saturated rings. The average Bonchev–Trinajstić information content (AvgIpc) is 2.67. The largest absolute Gasteiger partial charge is 0.396 e. The van der Waals surface area contributed by atoms with Crippen LogP contribution in [0.25, 0.3) is 0 Å². The van der Waals surface area contributed by atoms with Crippen molar-refractivity contribution >= 4 is 35.1 Å². The summed E-state index contributed by atoms with van der Waals surface area (Å²) in [5, 5.41) is 5.55. The van der Waals surface area contributed by atoms with Crippen LogP contribution >= 0.6 is 23.2 Å².